The summed E-state index contributed by atoms with van der Waals surface area (Å²) in [6.45, 7) is 12.6. The molecule has 2 heterocycles. The molecule has 0 aliphatic carbocycles. The maximum atomic E-state index is 14.3. The van der Waals surface area contributed by atoms with E-state index in [2.05, 4.69) is 16.0 Å². The number of benzene rings is 1. The second kappa shape index (κ2) is 21.1. The van der Waals surface area contributed by atoms with Crippen molar-refractivity contribution in [3.8, 4) is 0 Å². The molecule has 2 saturated heterocycles. The Hall–Kier alpha value is -4.53. The van der Waals surface area contributed by atoms with Gasteiger partial charge in [0.1, 0.15) is 24.2 Å². The van der Waals surface area contributed by atoms with Gasteiger partial charge in [0.15, 0.2) is 0 Å². The summed E-state index contributed by atoms with van der Waals surface area (Å²) in [7, 11) is 5.23. The molecule has 3 rings (SSSR count). The largest absolute Gasteiger partial charge is 0.481 e. The van der Waals surface area contributed by atoms with Crippen molar-refractivity contribution in [3.05, 3.63) is 35.4 Å². The number of amides is 6. The number of hydrogen-bond acceptors (Lipinski definition) is 8. The topological polar surface area (TPSA) is 189 Å². The van der Waals surface area contributed by atoms with Crippen LogP contribution in [0.25, 0.3) is 0 Å². The van der Waals surface area contributed by atoms with Crippen molar-refractivity contribution in [2.75, 3.05) is 40.8 Å². The van der Waals surface area contributed by atoms with E-state index in [9.17, 15) is 33.6 Å². The van der Waals surface area contributed by atoms with E-state index in [1.807, 2.05) is 60.5 Å². The summed E-state index contributed by atoms with van der Waals surface area (Å²) < 4.78 is 0. The monoisotopic (exact) mass is 783 g/mol. The van der Waals surface area contributed by atoms with Crippen LogP contribution in [0.5, 0.6) is 0 Å². The maximum Gasteiger partial charge on any atom is 0.303 e. The van der Waals surface area contributed by atoms with Crippen LogP contribution in [-0.4, -0.2) is 137 Å². The van der Waals surface area contributed by atoms with Crippen LogP contribution < -0.4 is 16.0 Å². The molecular formula is C41H65N7O8. The fraction of sp³-hybridized carbons (Fsp3) is 0.683. The Balaban J connectivity index is 1.65. The van der Waals surface area contributed by atoms with Crippen molar-refractivity contribution in [2.24, 2.45) is 17.8 Å². The Bertz CT molecular complexity index is 1540. The molecule has 312 valence electrons. The molecule has 0 radical (unpaired) electrons. The van der Waals surface area contributed by atoms with Crippen molar-refractivity contribution in [2.45, 2.75) is 123 Å². The van der Waals surface area contributed by atoms with Gasteiger partial charge >= 0.3 is 5.97 Å². The van der Waals surface area contributed by atoms with Crippen molar-refractivity contribution in [3.63, 3.8) is 0 Å². The van der Waals surface area contributed by atoms with Crippen LogP contribution in [0, 0.1) is 17.8 Å². The van der Waals surface area contributed by atoms with E-state index < -0.39 is 36.2 Å². The molecule has 0 aromatic heterocycles. The highest BCUT2D eigenvalue weighted by Gasteiger charge is 2.45. The zero-order valence-electron chi connectivity index (χ0n) is 34.8. The lowest BCUT2D eigenvalue weighted by Crippen LogP contribution is -2.61. The van der Waals surface area contributed by atoms with Crippen molar-refractivity contribution in [1.82, 2.24) is 35.6 Å². The molecule has 4 N–H and O–H groups in total. The normalized spacial score (nSPS) is 18.6. The fourth-order valence-corrected chi connectivity index (χ4v) is 7.88. The zero-order chi connectivity index (χ0) is 41.9. The van der Waals surface area contributed by atoms with Crippen LogP contribution in [0.1, 0.15) is 102 Å². The van der Waals surface area contributed by atoms with E-state index in [1.54, 1.807) is 41.1 Å². The number of carboxylic acid groups (broad SMARTS) is 1. The van der Waals surface area contributed by atoms with Gasteiger partial charge in [-0.25, -0.2) is 0 Å². The molecular weight excluding hydrogens is 718 g/mol. The average Bonchev–Trinajstić information content (AvgIpc) is 3.83. The third kappa shape index (κ3) is 12.0. The van der Waals surface area contributed by atoms with E-state index >= 15 is 0 Å². The summed E-state index contributed by atoms with van der Waals surface area (Å²) in [6, 6.07) is 3.20. The lowest BCUT2D eigenvalue weighted by Gasteiger charge is -2.38. The van der Waals surface area contributed by atoms with E-state index in [-0.39, 0.29) is 66.2 Å². The lowest BCUT2D eigenvalue weighted by atomic mass is 9.96. The predicted octanol–water partition coefficient (Wildman–Crippen LogP) is 2.48. The molecule has 15 nitrogen and oxygen atoms in total. The van der Waals surface area contributed by atoms with Crippen molar-refractivity contribution < 1.29 is 38.7 Å². The van der Waals surface area contributed by atoms with Crippen LogP contribution in [0.4, 0.5) is 0 Å². The maximum absolute atomic E-state index is 14.3. The van der Waals surface area contributed by atoms with Crippen LogP contribution in [0.3, 0.4) is 0 Å². The van der Waals surface area contributed by atoms with E-state index in [0.717, 1.165) is 5.56 Å². The average molecular weight is 784 g/mol. The fourth-order valence-electron chi connectivity index (χ4n) is 7.88. The second-order valence-corrected chi connectivity index (χ2v) is 16.4. The summed E-state index contributed by atoms with van der Waals surface area (Å²) in [5.74, 6) is -3.18. The van der Waals surface area contributed by atoms with Gasteiger partial charge in [-0.15, -0.1) is 0 Å². The Kier molecular flexibility index (Phi) is 17.3. The van der Waals surface area contributed by atoms with Gasteiger partial charge in [-0.3, -0.25) is 38.5 Å². The molecule has 0 bridgehead atoms. The molecule has 0 saturated carbocycles. The number of rotatable bonds is 19. The summed E-state index contributed by atoms with van der Waals surface area (Å²) in [5, 5.41) is 17.4. The third-order valence-corrected chi connectivity index (χ3v) is 10.8. The molecule has 15 heteroatoms. The number of hydrogen-bond donors (Lipinski definition) is 4. The van der Waals surface area contributed by atoms with Crippen molar-refractivity contribution in [1.29, 1.82) is 0 Å². The number of nitrogens with zero attached hydrogens (tertiary/aromatic N) is 4. The van der Waals surface area contributed by atoms with Gasteiger partial charge < -0.3 is 35.8 Å². The number of aliphatic carboxylic acids is 1. The number of carboxylic acids is 1. The molecule has 2 fully saturated rings. The minimum Gasteiger partial charge on any atom is -0.481 e. The van der Waals surface area contributed by atoms with Crippen LogP contribution in [-0.2, 0) is 35.3 Å². The summed E-state index contributed by atoms with van der Waals surface area (Å²) >= 11 is 0. The Morgan fingerprint density at radius 2 is 1.36 bits per heavy atom. The highest BCUT2D eigenvalue weighted by atomic mass is 16.4. The molecule has 6 amide bonds. The predicted molar refractivity (Wildman–Crippen MR) is 212 cm³/mol. The van der Waals surface area contributed by atoms with Crippen LogP contribution in [0.15, 0.2) is 24.3 Å². The van der Waals surface area contributed by atoms with Gasteiger partial charge in [0.2, 0.25) is 29.5 Å². The second-order valence-electron chi connectivity index (χ2n) is 16.4. The molecule has 0 spiro atoms. The Labute approximate surface area is 332 Å². The van der Waals surface area contributed by atoms with Gasteiger partial charge in [-0.05, 0) is 88.1 Å². The summed E-state index contributed by atoms with van der Waals surface area (Å²) in [6.07, 6.45) is 3.29. The zero-order valence-corrected chi connectivity index (χ0v) is 34.8. The van der Waals surface area contributed by atoms with Crippen LogP contribution in [0.2, 0.25) is 0 Å². The molecule has 5 unspecified atom stereocenters. The van der Waals surface area contributed by atoms with E-state index in [4.69, 9.17) is 5.11 Å². The van der Waals surface area contributed by atoms with Gasteiger partial charge in [-0.1, -0.05) is 53.7 Å². The van der Waals surface area contributed by atoms with Crippen molar-refractivity contribution >= 4 is 41.4 Å². The van der Waals surface area contributed by atoms with Gasteiger partial charge in [-0.2, -0.15) is 0 Å². The Morgan fingerprint density at radius 1 is 0.768 bits per heavy atom. The van der Waals surface area contributed by atoms with Gasteiger partial charge in [0, 0.05) is 45.2 Å². The first-order valence-electron chi connectivity index (χ1n) is 20.1. The van der Waals surface area contributed by atoms with Gasteiger partial charge in [0.05, 0.1) is 6.04 Å². The Morgan fingerprint density at radius 3 is 1.91 bits per heavy atom. The number of nitrogens with one attached hydrogen (secondary N) is 3. The number of likely N-dealkylation sites (tertiary alicyclic amines) is 2. The molecule has 2 aliphatic rings. The summed E-state index contributed by atoms with van der Waals surface area (Å²) in [4.78, 5) is 98.9. The number of likely N-dealkylation sites (N-methyl/N-ethyl adjacent to an activating group) is 2. The smallest absolute Gasteiger partial charge is 0.303 e. The molecule has 5 atom stereocenters. The summed E-state index contributed by atoms with van der Waals surface area (Å²) in [5.41, 5.74) is 1.22. The molecule has 2 aliphatic heterocycles. The SMILES string of the molecule is CC(C)C(NC(=O)C(C(C)C)N(C)C)C(=O)N(C)C(C(=O)N1CCCC1C(=O)N1CCCC1C(=O)NCc1ccc(C(=O)NCCCCC(=O)O)cc1)C(C)C. The first kappa shape index (κ1) is 45.9. The molecule has 1 aromatic rings. The standard InChI is InChI=1S/C41H65N7O8/c1-25(2)33(44-38(53)34(26(3)4)45(7)8)40(55)46(9)35(27(5)6)41(56)48-23-13-15-31(48)39(54)47-22-12-14-30(47)37(52)43-24-28-17-19-29(20-18-28)36(51)42-21-11-10-16-32(49)50/h17-20,25-27,30-31,33-35H,10-16,21-24H2,1-9H3,(H,42,51)(H,43,52)(H,44,53)(H,49,50). The highest BCUT2D eigenvalue weighted by molar-refractivity contribution is 5.97. The quantitative estimate of drug-likeness (QED) is 0.153. The van der Waals surface area contributed by atoms with E-state index in [0.29, 0.717) is 63.7 Å². The first-order valence-corrected chi connectivity index (χ1v) is 20.1. The minimum absolute atomic E-state index is 0.0108. The van der Waals surface area contributed by atoms with Crippen LogP contribution >= 0.6 is 0 Å². The minimum atomic E-state index is -0.872. The number of carbonyl (C=O) groups is 7. The third-order valence-electron chi connectivity index (χ3n) is 10.8. The first-order chi connectivity index (χ1) is 26.4. The molecule has 1 aromatic carbocycles. The molecule has 56 heavy (non-hydrogen) atoms. The number of carbonyl (C=O) groups excluding carboxylic acids is 6. The van der Waals surface area contributed by atoms with E-state index in [1.165, 1.54) is 4.90 Å². The lowest BCUT2D eigenvalue weighted by molar-refractivity contribution is -0.153. The number of unbranched alkanes of at least 4 members (excludes halogenated alkanes) is 1. The van der Waals surface area contributed by atoms with Gasteiger partial charge in [0.25, 0.3) is 5.91 Å². The highest BCUT2D eigenvalue weighted by Crippen LogP contribution is 2.28.